The molecule has 2 aromatic carbocycles. The molecule has 0 bridgehead atoms. The summed E-state index contributed by atoms with van der Waals surface area (Å²) in [5.74, 6) is -1.75. The Morgan fingerprint density at radius 1 is 1.16 bits per heavy atom. The maximum Gasteiger partial charge on any atom is 0.295 e. The Kier molecular flexibility index (Phi) is 4.27. The lowest BCUT2D eigenvalue weighted by Crippen LogP contribution is -2.24. The minimum Gasteiger partial charge on any atom is -0.507 e. The van der Waals surface area contributed by atoms with Crippen molar-refractivity contribution < 1.29 is 23.8 Å². The maximum atomic E-state index is 13.6. The molecule has 1 aliphatic rings. The Morgan fingerprint density at radius 2 is 1.84 bits per heavy atom. The van der Waals surface area contributed by atoms with Crippen LogP contribution in [0, 0.1) is 5.82 Å². The molecule has 2 aromatic rings. The van der Waals surface area contributed by atoms with Gasteiger partial charge in [-0.1, -0.05) is 12.1 Å². The number of hydrogen-bond donors (Lipinski definition) is 1. The van der Waals surface area contributed by atoms with E-state index >= 15 is 0 Å². The average Bonchev–Trinajstić information content (AvgIpc) is 2.85. The molecule has 0 aromatic heterocycles. The molecule has 0 radical (unpaired) electrons. The number of ether oxygens (including phenoxy) is 1. The van der Waals surface area contributed by atoms with E-state index in [2.05, 4.69) is 0 Å². The predicted octanol–water partition coefficient (Wildman–Crippen LogP) is 2.89. The van der Waals surface area contributed by atoms with Gasteiger partial charge in [-0.15, -0.1) is 0 Å². The number of Topliss-reactive ketones (excluding diaryl/α,β-unsaturated/α-hetero) is 1. The topological polar surface area (TPSA) is 66.8 Å². The zero-order valence-electron chi connectivity index (χ0n) is 13.7. The molecule has 1 atom stereocenters. The molecule has 128 valence electrons. The minimum atomic E-state index is -0.849. The fourth-order valence-corrected chi connectivity index (χ4v) is 2.92. The maximum absolute atomic E-state index is 13.6. The second kappa shape index (κ2) is 6.39. The summed E-state index contributed by atoms with van der Waals surface area (Å²) < 4.78 is 18.7. The van der Waals surface area contributed by atoms with Crippen molar-refractivity contribution in [1.29, 1.82) is 0 Å². The number of amides is 1. The number of carbonyl (C=O) groups excluding carboxylic acids is 2. The Labute approximate surface area is 144 Å². The molecular formula is C19H16FNO4. The van der Waals surface area contributed by atoms with Gasteiger partial charge in [0.1, 0.15) is 17.3 Å². The van der Waals surface area contributed by atoms with Crippen molar-refractivity contribution in [2.45, 2.75) is 6.04 Å². The SMILES string of the molecule is COc1ccc(/C(O)=C2/C(=O)C(=O)N(C)C2c2cccc(F)c2)cc1. The first kappa shape index (κ1) is 16.7. The molecule has 3 rings (SSSR count). The van der Waals surface area contributed by atoms with Gasteiger partial charge in [-0.05, 0) is 42.0 Å². The Balaban J connectivity index is 2.14. The molecule has 5 nitrogen and oxygen atoms in total. The van der Waals surface area contributed by atoms with Gasteiger partial charge in [0, 0.05) is 12.6 Å². The Hall–Kier alpha value is -3.15. The van der Waals surface area contributed by atoms with Gasteiger partial charge in [-0.3, -0.25) is 9.59 Å². The number of aliphatic hydroxyl groups is 1. The van der Waals surface area contributed by atoms with Crippen LogP contribution in [0.25, 0.3) is 5.76 Å². The van der Waals surface area contributed by atoms with Crippen LogP contribution < -0.4 is 4.74 Å². The van der Waals surface area contributed by atoms with Crippen molar-refractivity contribution in [3.8, 4) is 5.75 Å². The summed E-state index contributed by atoms with van der Waals surface area (Å²) in [4.78, 5) is 25.7. The predicted molar refractivity (Wildman–Crippen MR) is 89.5 cm³/mol. The minimum absolute atomic E-state index is 0.0664. The van der Waals surface area contributed by atoms with Crippen LogP contribution in [-0.4, -0.2) is 35.9 Å². The molecule has 1 fully saturated rings. The van der Waals surface area contributed by atoms with Crippen LogP contribution in [0.2, 0.25) is 0 Å². The van der Waals surface area contributed by atoms with E-state index in [1.165, 1.54) is 37.3 Å². The lowest BCUT2D eigenvalue weighted by Gasteiger charge is -2.21. The van der Waals surface area contributed by atoms with Gasteiger partial charge >= 0.3 is 0 Å². The molecule has 0 spiro atoms. The number of methoxy groups -OCH3 is 1. The first-order valence-corrected chi connectivity index (χ1v) is 7.58. The second-order valence-corrected chi connectivity index (χ2v) is 5.69. The fraction of sp³-hybridized carbons (Fsp3) is 0.158. The number of carbonyl (C=O) groups is 2. The van der Waals surface area contributed by atoms with E-state index in [9.17, 15) is 19.1 Å². The highest BCUT2D eigenvalue weighted by Crippen LogP contribution is 2.38. The average molecular weight is 341 g/mol. The normalized spacial score (nSPS) is 19.3. The van der Waals surface area contributed by atoms with Crippen molar-refractivity contribution in [3.05, 3.63) is 71.0 Å². The van der Waals surface area contributed by atoms with E-state index in [0.717, 1.165) is 0 Å². The highest BCUT2D eigenvalue weighted by molar-refractivity contribution is 6.46. The van der Waals surface area contributed by atoms with Gasteiger partial charge in [0.2, 0.25) is 0 Å². The van der Waals surface area contributed by atoms with Crippen molar-refractivity contribution in [2.24, 2.45) is 0 Å². The number of nitrogens with zero attached hydrogens (tertiary/aromatic N) is 1. The molecule has 1 aliphatic heterocycles. The molecule has 0 aliphatic carbocycles. The van der Waals surface area contributed by atoms with Crippen molar-refractivity contribution >= 4 is 17.4 Å². The summed E-state index contributed by atoms with van der Waals surface area (Å²) in [6.45, 7) is 0. The van der Waals surface area contributed by atoms with Crippen LogP contribution in [0.4, 0.5) is 4.39 Å². The molecule has 1 saturated heterocycles. The van der Waals surface area contributed by atoms with Gasteiger partial charge in [0.15, 0.2) is 0 Å². The second-order valence-electron chi connectivity index (χ2n) is 5.69. The largest absolute Gasteiger partial charge is 0.507 e. The standard InChI is InChI=1S/C19H16FNO4/c1-21-16(12-4-3-5-13(20)10-12)15(18(23)19(21)24)17(22)11-6-8-14(25-2)9-7-11/h3-10,16,22H,1-2H3/b17-15-. The number of rotatable bonds is 3. The number of benzene rings is 2. The van der Waals surface area contributed by atoms with Crippen molar-refractivity contribution in [1.82, 2.24) is 4.90 Å². The number of ketones is 1. The number of likely N-dealkylation sites (tertiary alicyclic amines) is 1. The third kappa shape index (κ3) is 2.87. The van der Waals surface area contributed by atoms with Crippen LogP contribution in [0.1, 0.15) is 17.2 Å². The van der Waals surface area contributed by atoms with Crippen LogP contribution in [-0.2, 0) is 9.59 Å². The van der Waals surface area contributed by atoms with Crippen molar-refractivity contribution in [3.63, 3.8) is 0 Å². The number of hydrogen-bond acceptors (Lipinski definition) is 4. The molecule has 1 unspecified atom stereocenters. The Bertz CT molecular complexity index is 873. The zero-order valence-corrected chi connectivity index (χ0v) is 13.7. The van der Waals surface area contributed by atoms with E-state index in [0.29, 0.717) is 16.9 Å². The number of aliphatic hydroxyl groups excluding tert-OH is 1. The monoisotopic (exact) mass is 341 g/mol. The molecular weight excluding hydrogens is 325 g/mol. The van der Waals surface area contributed by atoms with E-state index in [1.54, 1.807) is 30.3 Å². The van der Waals surface area contributed by atoms with E-state index in [4.69, 9.17) is 4.74 Å². The van der Waals surface area contributed by atoms with E-state index < -0.39 is 23.5 Å². The molecule has 1 heterocycles. The van der Waals surface area contributed by atoms with Gasteiger partial charge in [0.05, 0.1) is 18.7 Å². The summed E-state index contributed by atoms with van der Waals surface area (Å²) in [6, 6.07) is 11.2. The Morgan fingerprint density at radius 3 is 2.44 bits per heavy atom. The van der Waals surface area contributed by atoms with Crippen LogP contribution in [0.3, 0.4) is 0 Å². The van der Waals surface area contributed by atoms with Crippen molar-refractivity contribution in [2.75, 3.05) is 14.2 Å². The van der Waals surface area contributed by atoms with E-state index in [-0.39, 0.29) is 11.3 Å². The third-order valence-electron chi connectivity index (χ3n) is 4.20. The lowest BCUT2D eigenvalue weighted by atomic mass is 9.95. The van der Waals surface area contributed by atoms with E-state index in [1.807, 2.05) is 0 Å². The van der Waals surface area contributed by atoms with Gasteiger partial charge < -0.3 is 14.7 Å². The number of likely N-dealkylation sites (N-methyl/N-ethyl adjacent to an activating group) is 1. The molecule has 6 heteroatoms. The lowest BCUT2D eigenvalue weighted by molar-refractivity contribution is -0.139. The third-order valence-corrected chi connectivity index (χ3v) is 4.20. The quantitative estimate of drug-likeness (QED) is 0.530. The van der Waals surface area contributed by atoms with Gasteiger partial charge in [0.25, 0.3) is 11.7 Å². The fourth-order valence-electron chi connectivity index (χ4n) is 2.92. The zero-order chi connectivity index (χ0) is 18.1. The van der Waals surface area contributed by atoms with Crippen LogP contribution in [0.15, 0.2) is 54.1 Å². The first-order valence-electron chi connectivity index (χ1n) is 7.58. The smallest absolute Gasteiger partial charge is 0.295 e. The first-order chi connectivity index (χ1) is 11.9. The van der Waals surface area contributed by atoms with Gasteiger partial charge in [-0.2, -0.15) is 0 Å². The molecule has 1 N–H and O–H groups in total. The molecule has 0 saturated carbocycles. The molecule has 1 amide bonds. The summed E-state index contributed by atoms with van der Waals surface area (Å²) >= 11 is 0. The summed E-state index contributed by atoms with van der Waals surface area (Å²) in [5.41, 5.74) is 0.716. The highest BCUT2D eigenvalue weighted by atomic mass is 19.1. The van der Waals surface area contributed by atoms with Crippen LogP contribution >= 0.6 is 0 Å². The summed E-state index contributed by atoms with van der Waals surface area (Å²) in [7, 11) is 2.96. The summed E-state index contributed by atoms with van der Waals surface area (Å²) in [5, 5.41) is 10.6. The highest BCUT2D eigenvalue weighted by Gasteiger charge is 2.44. The van der Waals surface area contributed by atoms with Crippen LogP contribution in [0.5, 0.6) is 5.75 Å². The van der Waals surface area contributed by atoms with Gasteiger partial charge in [-0.25, -0.2) is 4.39 Å². The summed E-state index contributed by atoms with van der Waals surface area (Å²) in [6.07, 6.45) is 0. The molecule has 25 heavy (non-hydrogen) atoms. The number of halogens is 1.